The van der Waals surface area contributed by atoms with Crippen molar-refractivity contribution in [2.45, 2.75) is 57.1 Å². The number of allylic oxidation sites excluding steroid dienone is 3. The quantitative estimate of drug-likeness (QED) is 0.761. The zero-order valence-electron chi connectivity index (χ0n) is 10.2. The smallest absolute Gasteiger partial charge is 0.323 e. The van der Waals surface area contributed by atoms with Crippen molar-refractivity contribution < 1.29 is 9.53 Å². The first-order valence-electron chi connectivity index (χ1n) is 6.57. The molecule has 3 nitrogen and oxygen atoms in total. The zero-order chi connectivity index (χ0) is 12.1. The Kier molecular flexibility index (Phi) is 4.37. The van der Waals surface area contributed by atoms with Crippen LogP contribution in [0.25, 0.3) is 0 Å². The van der Waals surface area contributed by atoms with E-state index in [9.17, 15) is 4.79 Å². The van der Waals surface area contributed by atoms with E-state index < -0.39 is 6.04 Å². The van der Waals surface area contributed by atoms with Gasteiger partial charge in [0.25, 0.3) is 0 Å². The van der Waals surface area contributed by atoms with Crippen LogP contribution in [0.5, 0.6) is 0 Å². The van der Waals surface area contributed by atoms with E-state index in [1.165, 1.54) is 12.8 Å². The number of hydrogen-bond donors (Lipinski definition) is 1. The largest absolute Gasteiger partial charge is 0.461 e. The van der Waals surface area contributed by atoms with Crippen LogP contribution in [0.3, 0.4) is 0 Å². The van der Waals surface area contributed by atoms with E-state index in [1.54, 1.807) is 0 Å². The molecule has 1 unspecified atom stereocenters. The molecule has 3 heteroatoms. The minimum absolute atomic E-state index is 0.115. The fourth-order valence-electron chi connectivity index (χ4n) is 2.41. The maximum Gasteiger partial charge on any atom is 0.323 e. The van der Waals surface area contributed by atoms with E-state index in [1.807, 2.05) is 0 Å². The monoisotopic (exact) mass is 235 g/mol. The van der Waals surface area contributed by atoms with Gasteiger partial charge in [0.1, 0.15) is 12.1 Å². The van der Waals surface area contributed by atoms with Gasteiger partial charge in [-0.2, -0.15) is 0 Å². The molecule has 0 aromatic carbocycles. The summed E-state index contributed by atoms with van der Waals surface area (Å²) in [7, 11) is 0. The highest BCUT2D eigenvalue weighted by atomic mass is 16.5. The minimum atomic E-state index is -0.510. The van der Waals surface area contributed by atoms with E-state index in [0.717, 1.165) is 31.3 Å². The highest BCUT2D eigenvalue weighted by molar-refractivity contribution is 5.76. The van der Waals surface area contributed by atoms with Crippen molar-refractivity contribution in [2.24, 2.45) is 5.73 Å². The minimum Gasteiger partial charge on any atom is -0.461 e. The van der Waals surface area contributed by atoms with Crippen molar-refractivity contribution in [2.75, 3.05) is 0 Å². The van der Waals surface area contributed by atoms with Crippen LogP contribution in [0, 0.1) is 0 Å². The SMILES string of the molecule is NC(CC1=CCCC=C1)C(=O)OC1CCCC1. The number of hydrogen-bond acceptors (Lipinski definition) is 3. The van der Waals surface area contributed by atoms with E-state index in [4.69, 9.17) is 10.5 Å². The lowest BCUT2D eigenvalue weighted by Crippen LogP contribution is -2.34. The zero-order valence-corrected chi connectivity index (χ0v) is 10.2. The molecule has 1 fully saturated rings. The fraction of sp³-hybridized carbons (Fsp3) is 0.643. The molecule has 0 bridgehead atoms. The van der Waals surface area contributed by atoms with Gasteiger partial charge in [0.2, 0.25) is 0 Å². The molecule has 0 saturated heterocycles. The Hall–Kier alpha value is -1.09. The van der Waals surface area contributed by atoms with Crippen molar-refractivity contribution in [1.29, 1.82) is 0 Å². The van der Waals surface area contributed by atoms with Crippen molar-refractivity contribution in [3.63, 3.8) is 0 Å². The second-order valence-electron chi connectivity index (χ2n) is 4.91. The van der Waals surface area contributed by atoms with Gasteiger partial charge in [-0.05, 0) is 44.9 Å². The van der Waals surface area contributed by atoms with E-state index in [2.05, 4.69) is 18.2 Å². The third-order valence-electron chi connectivity index (χ3n) is 3.42. The molecule has 0 spiro atoms. The summed E-state index contributed by atoms with van der Waals surface area (Å²) in [6, 6.07) is -0.510. The molecule has 1 saturated carbocycles. The Labute approximate surface area is 103 Å². The third kappa shape index (κ3) is 3.70. The molecular formula is C14H21NO2. The van der Waals surface area contributed by atoms with Crippen molar-refractivity contribution >= 4 is 5.97 Å². The van der Waals surface area contributed by atoms with E-state index in [-0.39, 0.29) is 12.1 Å². The molecule has 2 aliphatic carbocycles. The number of carbonyl (C=O) groups excluding carboxylic acids is 1. The van der Waals surface area contributed by atoms with E-state index >= 15 is 0 Å². The highest BCUT2D eigenvalue weighted by Crippen LogP contribution is 2.22. The molecule has 17 heavy (non-hydrogen) atoms. The highest BCUT2D eigenvalue weighted by Gasteiger charge is 2.23. The molecule has 0 aromatic rings. The molecular weight excluding hydrogens is 214 g/mol. The van der Waals surface area contributed by atoms with Crippen LogP contribution in [0.4, 0.5) is 0 Å². The molecule has 0 radical (unpaired) electrons. The predicted octanol–water partition coefficient (Wildman–Crippen LogP) is 2.47. The summed E-state index contributed by atoms with van der Waals surface area (Å²) in [5, 5.41) is 0. The van der Waals surface area contributed by atoms with Gasteiger partial charge in [0.15, 0.2) is 0 Å². The summed E-state index contributed by atoms with van der Waals surface area (Å²) in [6.45, 7) is 0. The molecule has 0 amide bonds. The Balaban J connectivity index is 1.78. The summed E-state index contributed by atoms with van der Waals surface area (Å²) < 4.78 is 5.40. The number of nitrogens with two attached hydrogens (primary N) is 1. The average Bonchev–Trinajstić information content (AvgIpc) is 2.83. The molecule has 0 aromatic heterocycles. The fourth-order valence-corrected chi connectivity index (χ4v) is 2.41. The van der Waals surface area contributed by atoms with Crippen LogP contribution in [-0.4, -0.2) is 18.1 Å². The van der Waals surface area contributed by atoms with Gasteiger partial charge in [0.05, 0.1) is 0 Å². The van der Waals surface area contributed by atoms with Gasteiger partial charge in [-0.3, -0.25) is 4.79 Å². The Morgan fingerprint density at radius 3 is 2.82 bits per heavy atom. The third-order valence-corrected chi connectivity index (χ3v) is 3.42. The maximum absolute atomic E-state index is 11.8. The van der Waals surface area contributed by atoms with Crippen LogP contribution in [-0.2, 0) is 9.53 Å². The van der Waals surface area contributed by atoms with Gasteiger partial charge in [0, 0.05) is 0 Å². The Bertz CT molecular complexity index is 327. The number of carbonyl (C=O) groups is 1. The van der Waals surface area contributed by atoms with Crippen molar-refractivity contribution in [3.05, 3.63) is 23.8 Å². The number of rotatable bonds is 4. The molecule has 2 rings (SSSR count). The lowest BCUT2D eigenvalue weighted by Gasteiger charge is -2.17. The lowest BCUT2D eigenvalue weighted by molar-refractivity contribution is -0.150. The van der Waals surface area contributed by atoms with Crippen LogP contribution in [0.15, 0.2) is 23.8 Å². The molecule has 1 atom stereocenters. The molecule has 0 heterocycles. The molecule has 2 N–H and O–H groups in total. The van der Waals surface area contributed by atoms with Crippen LogP contribution in [0.2, 0.25) is 0 Å². The van der Waals surface area contributed by atoms with Gasteiger partial charge >= 0.3 is 5.97 Å². The summed E-state index contributed by atoms with van der Waals surface area (Å²) >= 11 is 0. The van der Waals surface area contributed by atoms with E-state index in [0.29, 0.717) is 6.42 Å². The second kappa shape index (κ2) is 6.01. The first-order chi connectivity index (χ1) is 8.25. The average molecular weight is 235 g/mol. The Morgan fingerprint density at radius 2 is 2.18 bits per heavy atom. The van der Waals surface area contributed by atoms with Crippen LogP contribution >= 0.6 is 0 Å². The number of esters is 1. The molecule has 0 aliphatic heterocycles. The lowest BCUT2D eigenvalue weighted by atomic mass is 10.0. The normalized spacial score (nSPS) is 22.3. The summed E-state index contributed by atoms with van der Waals surface area (Å²) in [6.07, 6.45) is 13.5. The first kappa shape index (κ1) is 12.4. The first-order valence-corrected chi connectivity index (χ1v) is 6.57. The standard InChI is InChI=1S/C14H21NO2/c15-13(10-11-6-2-1-3-7-11)14(16)17-12-8-4-5-9-12/h2,6-7,12-13H,1,3-5,8-10,15H2. The Morgan fingerprint density at radius 1 is 1.41 bits per heavy atom. The van der Waals surface area contributed by atoms with Crippen molar-refractivity contribution in [3.8, 4) is 0 Å². The molecule has 2 aliphatic rings. The summed E-state index contributed by atoms with van der Waals surface area (Å²) in [5.74, 6) is -0.239. The van der Waals surface area contributed by atoms with Gasteiger partial charge in [-0.1, -0.05) is 23.8 Å². The van der Waals surface area contributed by atoms with Crippen molar-refractivity contribution in [1.82, 2.24) is 0 Å². The number of ether oxygens (including phenoxy) is 1. The maximum atomic E-state index is 11.8. The van der Waals surface area contributed by atoms with Gasteiger partial charge in [-0.15, -0.1) is 0 Å². The second-order valence-corrected chi connectivity index (χ2v) is 4.91. The van der Waals surface area contributed by atoms with Gasteiger partial charge in [-0.25, -0.2) is 0 Å². The van der Waals surface area contributed by atoms with Gasteiger partial charge < -0.3 is 10.5 Å². The predicted molar refractivity (Wildman–Crippen MR) is 67.4 cm³/mol. The van der Waals surface area contributed by atoms with Crippen LogP contribution < -0.4 is 5.73 Å². The summed E-state index contributed by atoms with van der Waals surface area (Å²) in [4.78, 5) is 11.8. The topological polar surface area (TPSA) is 52.3 Å². The van der Waals surface area contributed by atoms with Crippen LogP contribution in [0.1, 0.15) is 44.9 Å². The molecule has 94 valence electrons. The summed E-state index contributed by atoms with van der Waals surface area (Å²) in [5.41, 5.74) is 7.04.